The van der Waals surface area contributed by atoms with Crippen molar-refractivity contribution in [2.75, 3.05) is 11.9 Å². The van der Waals surface area contributed by atoms with Gasteiger partial charge in [0.05, 0.1) is 5.69 Å². The normalized spacial score (nSPS) is 10.5. The van der Waals surface area contributed by atoms with Crippen LogP contribution in [0.15, 0.2) is 24.3 Å². The third-order valence-electron chi connectivity index (χ3n) is 3.39. The Morgan fingerprint density at radius 1 is 0.947 bits per heavy atom. The van der Waals surface area contributed by atoms with Gasteiger partial charge in [-0.2, -0.15) is 0 Å². The van der Waals surface area contributed by atoms with Crippen molar-refractivity contribution in [3.8, 4) is 11.3 Å². The molecule has 0 aliphatic carbocycles. The van der Waals surface area contributed by atoms with Gasteiger partial charge < -0.3 is 5.32 Å². The molecule has 0 unspecified atom stereocenters. The Kier molecular flexibility index (Phi) is 4.15. The topological polar surface area (TPSA) is 37.8 Å². The summed E-state index contributed by atoms with van der Waals surface area (Å²) in [5.41, 5.74) is 5.73. The predicted molar refractivity (Wildman–Crippen MR) is 80.5 cm³/mol. The molecule has 1 N–H and O–H groups in total. The lowest BCUT2D eigenvalue weighted by atomic mass is 10.0. The first-order chi connectivity index (χ1) is 9.13. The zero-order valence-corrected chi connectivity index (χ0v) is 12.1. The van der Waals surface area contributed by atoms with E-state index in [0.29, 0.717) is 0 Å². The molecule has 0 aliphatic rings. The number of nitrogens with zero attached hydrogens (tertiary/aromatic N) is 2. The molecule has 0 bridgehead atoms. The van der Waals surface area contributed by atoms with Crippen LogP contribution in [0, 0.1) is 20.8 Å². The van der Waals surface area contributed by atoms with Crippen LogP contribution in [0.25, 0.3) is 11.3 Å². The predicted octanol–water partition coefficient (Wildman–Crippen LogP) is 3.89. The summed E-state index contributed by atoms with van der Waals surface area (Å²) in [4.78, 5) is 0. The Balaban J connectivity index is 2.38. The van der Waals surface area contributed by atoms with Crippen LogP contribution < -0.4 is 5.32 Å². The molecule has 0 radical (unpaired) electrons. The fourth-order valence-electron chi connectivity index (χ4n) is 2.00. The van der Waals surface area contributed by atoms with Crippen LogP contribution in [-0.2, 0) is 0 Å². The van der Waals surface area contributed by atoms with Gasteiger partial charge in [0.15, 0.2) is 5.82 Å². The van der Waals surface area contributed by atoms with Crippen molar-refractivity contribution in [2.45, 2.75) is 34.1 Å². The molecule has 2 rings (SSSR count). The highest BCUT2D eigenvalue weighted by atomic mass is 15.2. The summed E-state index contributed by atoms with van der Waals surface area (Å²) in [5, 5.41) is 12.0. The molecule has 1 heterocycles. The maximum atomic E-state index is 4.38. The van der Waals surface area contributed by atoms with Gasteiger partial charge >= 0.3 is 0 Å². The average molecular weight is 255 g/mol. The van der Waals surface area contributed by atoms with Gasteiger partial charge in [-0.15, -0.1) is 10.2 Å². The van der Waals surface area contributed by atoms with Crippen molar-refractivity contribution in [1.29, 1.82) is 0 Å². The summed E-state index contributed by atoms with van der Waals surface area (Å²) in [6, 6.07) is 8.42. The molecule has 0 saturated carbocycles. The molecule has 100 valence electrons. The lowest BCUT2D eigenvalue weighted by Crippen LogP contribution is -2.07. The highest BCUT2D eigenvalue weighted by Crippen LogP contribution is 2.25. The number of hydrogen-bond acceptors (Lipinski definition) is 3. The maximum Gasteiger partial charge on any atom is 0.151 e. The molecule has 1 aromatic carbocycles. The second kappa shape index (κ2) is 5.83. The Morgan fingerprint density at radius 2 is 1.63 bits per heavy atom. The molecule has 0 fully saturated rings. The number of benzene rings is 1. The standard InChI is InChI=1S/C16H21N3/c1-5-10-17-16-13(4)12(3)15(18-19-16)14-8-6-11(2)7-9-14/h6-9H,5,10H2,1-4H3,(H,17,19). The number of aromatic nitrogens is 2. The smallest absolute Gasteiger partial charge is 0.151 e. The Morgan fingerprint density at radius 3 is 2.26 bits per heavy atom. The summed E-state index contributed by atoms with van der Waals surface area (Å²) in [6.07, 6.45) is 1.08. The van der Waals surface area contributed by atoms with Gasteiger partial charge in [-0.3, -0.25) is 0 Å². The molecular formula is C16H21N3. The molecule has 0 spiro atoms. The quantitative estimate of drug-likeness (QED) is 0.900. The Labute approximate surface area is 115 Å². The van der Waals surface area contributed by atoms with Crippen LogP contribution in [0.3, 0.4) is 0 Å². The average Bonchev–Trinajstić information content (AvgIpc) is 2.42. The van der Waals surface area contributed by atoms with E-state index in [4.69, 9.17) is 0 Å². The lowest BCUT2D eigenvalue weighted by molar-refractivity contribution is 0.933. The van der Waals surface area contributed by atoms with E-state index in [2.05, 4.69) is 67.5 Å². The largest absolute Gasteiger partial charge is 0.368 e. The zero-order chi connectivity index (χ0) is 13.8. The summed E-state index contributed by atoms with van der Waals surface area (Å²) in [5.74, 6) is 0.898. The van der Waals surface area contributed by atoms with Gasteiger partial charge in [0.2, 0.25) is 0 Å². The van der Waals surface area contributed by atoms with E-state index in [1.165, 1.54) is 16.7 Å². The minimum Gasteiger partial charge on any atom is -0.368 e. The molecule has 3 nitrogen and oxygen atoms in total. The van der Waals surface area contributed by atoms with E-state index in [1.807, 2.05) is 0 Å². The van der Waals surface area contributed by atoms with Crippen molar-refractivity contribution < 1.29 is 0 Å². The zero-order valence-electron chi connectivity index (χ0n) is 12.1. The summed E-state index contributed by atoms with van der Waals surface area (Å²) in [7, 11) is 0. The van der Waals surface area contributed by atoms with Crippen molar-refractivity contribution >= 4 is 5.82 Å². The lowest BCUT2D eigenvalue weighted by Gasteiger charge is -2.12. The number of anilines is 1. The highest BCUT2D eigenvalue weighted by Gasteiger charge is 2.10. The molecule has 19 heavy (non-hydrogen) atoms. The maximum absolute atomic E-state index is 4.38. The van der Waals surface area contributed by atoms with Gasteiger partial charge in [0.25, 0.3) is 0 Å². The van der Waals surface area contributed by atoms with Crippen LogP contribution in [0.2, 0.25) is 0 Å². The van der Waals surface area contributed by atoms with Gasteiger partial charge in [-0.05, 0) is 38.3 Å². The molecule has 2 aromatic rings. The first-order valence-corrected chi connectivity index (χ1v) is 6.78. The summed E-state index contributed by atoms with van der Waals surface area (Å²) < 4.78 is 0. The third kappa shape index (κ3) is 2.92. The third-order valence-corrected chi connectivity index (χ3v) is 3.39. The van der Waals surface area contributed by atoms with Gasteiger partial charge in [0.1, 0.15) is 0 Å². The number of aryl methyl sites for hydroxylation is 1. The van der Waals surface area contributed by atoms with Crippen molar-refractivity contribution in [1.82, 2.24) is 10.2 Å². The van der Waals surface area contributed by atoms with Gasteiger partial charge in [-0.1, -0.05) is 36.8 Å². The molecule has 0 atom stereocenters. The number of hydrogen-bond donors (Lipinski definition) is 1. The van der Waals surface area contributed by atoms with E-state index < -0.39 is 0 Å². The van der Waals surface area contributed by atoms with E-state index >= 15 is 0 Å². The minimum absolute atomic E-state index is 0.898. The van der Waals surface area contributed by atoms with Crippen LogP contribution in [-0.4, -0.2) is 16.7 Å². The molecule has 0 saturated heterocycles. The van der Waals surface area contributed by atoms with E-state index in [1.54, 1.807) is 0 Å². The SMILES string of the molecule is CCCNc1nnc(-c2ccc(C)cc2)c(C)c1C. The molecule has 3 heteroatoms. The number of nitrogens with one attached hydrogen (secondary N) is 1. The highest BCUT2D eigenvalue weighted by molar-refractivity contribution is 5.66. The van der Waals surface area contributed by atoms with E-state index in [-0.39, 0.29) is 0 Å². The van der Waals surface area contributed by atoms with Crippen molar-refractivity contribution in [3.63, 3.8) is 0 Å². The van der Waals surface area contributed by atoms with Gasteiger partial charge in [-0.25, -0.2) is 0 Å². The molecule has 1 aromatic heterocycles. The first-order valence-electron chi connectivity index (χ1n) is 6.78. The molecule has 0 amide bonds. The van der Waals surface area contributed by atoms with Crippen molar-refractivity contribution in [3.05, 3.63) is 41.0 Å². The minimum atomic E-state index is 0.898. The molecular weight excluding hydrogens is 234 g/mol. The van der Waals surface area contributed by atoms with Crippen LogP contribution >= 0.6 is 0 Å². The fraction of sp³-hybridized carbons (Fsp3) is 0.375. The van der Waals surface area contributed by atoms with Crippen LogP contribution in [0.5, 0.6) is 0 Å². The Hall–Kier alpha value is -1.90. The fourth-order valence-corrected chi connectivity index (χ4v) is 2.00. The number of rotatable bonds is 4. The van der Waals surface area contributed by atoms with Crippen molar-refractivity contribution in [2.24, 2.45) is 0 Å². The van der Waals surface area contributed by atoms with Crippen LogP contribution in [0.1, 0.15) is 30.0 Å². The Bertz CT molecular complexity index is 559. The van der Waals surface area contributed by atoms with Crippen LogP contribution in [0.4, 0.5) is 5.82 Å². The van der Waals surface area contributed by atoms with Gasteiger partial charge in [0, 0.05) is 12.1 Å². The summed E-state index contributed by atoms with van der Waals surface area (Å²) >= 11 is 0. The first kappa shape index (κ1) is 13.5. The summed E-state index contributed by atoms with van der Waals surface area (Å²) in [6.45, 7) is 9.36. The van der Waals surface area contributed by atoms with E-state index in [0.717, 1.165) is 30.0 Å². The second-order valence-electron chi connectivity index (χ2n) is 4.94. The van der Waals surface area contributed by atoms with E-state index in [9.17, 15) is 0 Å². The second-order valence-corrected chi connectivity index (χ2v) is 4.94. The monoisotopic (exact) mass is 255 g/mol. The molecule has 0 aliphatic heterocycles.